The van der Waals surface area contributed by atoms with Gasteiger partial charge in [-0.1, -0.05) is 13.3 Å². The van der Waals surface area contributed by atoms with E-state index in [1.54, 1.807) is 0 Å². The zero-order valence-electron chi connectivity index (χ0n) is 11.0. The van der Waals surface area contributed by atoms with Crippen molar-refractivity contribution in [2.24, 2.45) is 11.0 Å². The normalized spacial score (nSPS) is 21.4. The number of carbonyl (C=O) groups excluding carboxylic acids is 1. The van der Waals surface area contributed by atoms with E-state index < -0.39 is 0 Å². The predicted octanol–water partition coefficient (Wildman–Crippen LogP) is 1.94. The summed E-state index contributed by atoms with van der Waals surface area (Å²) >= 11 is 0. The molecule has 0 aliphatic heterocycles. The Morgan fingerprint density at radius 3 is 3.11 bits per heavy atom. The summed E-state index contributed by atoms with van der Waals surface area (Å²) in [6.45, 7) is 4.12. The van der Waals surface area contributed by atoms with Gasteiger partial charge in [0.15, 0.2) is 0 Å². The van der Waals surface area contributed by atoms with E-state index in [1.165, 1.54) is 12.8 Å². The van der Waals surface area contributed by atoms with Crippen molar-refractivity contribution in [2.45, 2.75) is 46.0 Å². The van der Waals surface area contributed by atoms with Crippen molar-refractivity contribution in [3.8, 4) is 0 Å². The van der Waals surface area contributed by atoms with Crippen LogP contribution < -0.4 is 5.43 Å². The van der Waals surface area contributed by atoms with Crippen LogP contribution in [0.1, 0.15) is 44.0 Å². The second kappa shape index (κ2) is 5.80. The maximum Gasteiger partial charge on any atom is 0.246 e. The number of hydrogen-bond acceptors (Lipinski definition) is 3. The Labute approximate surface area is 107 Å². The number of nitrogens with zero attached hydrogens (tertiary/aromatic N) is 2. The summed E-state index contributed by atoms with van der Waals surface area (Å²) in [7, 11) is 0. The van der Waals surface area contributed by atoms with Crippen LogP contribution in [0.2, 0.25) is 0 Å². The lowest BCUT2D eigenvalue weighted by molar-refractivity contribution is -0.120. The average Bonchev–Trinajstić information content (AvgIpc) is 2.95. The van der Waals surface area contributed by atoms with Crippen molar-refractivity contribution < 1.29 is 4.79 Å². The first kappa shape index (κ1) is 12.8. The molecule has 0 radical (unpaired) electrons. The van der Waals surface area contributed by atoms with E-state index in [0.717, 1.165) is 35.9 Å². The zero-order chi connectivity index (χ0) is 13.0. The summed E-state index contributed by atoms with van der Waals surface area (Å²) in [6, 6.07) is 1.87. The van der Waals surface area contributed by atoms with Gasteiger partial charge in [0.2, 0.25) is 5.91 Å². The zero-order valence-corrected chi connectivity index (χ0v) is 11.0. The number of aryl methyl sites for hydroxylation is 1. The molecule has 1 aliphatic rings. The number of carbonyl (C=O) groups is 1. The fourth-order valence-corrected chi connectivity index (χ4v) is 2.27. The van der Waals surface area contributed by atoms with E-state index in [0.29, 0.717) is 0 Å². The van der Waals surface area contributed by atoms with Crippen LogP contribution in [-0.4, -0.2) is 21.8 Å². The quantitative estimate of drug-likeness (QED) is 0.799. The summed E-state index contributed by atoms with van der Waals surface area (Å²) in [4.78, 5) is 11.7. The van der Waals surface area contributed by atoms with Crippen LogP contribution >= 0.6 is 0 Å². The lowest BCUT2D eigenvalue weighted by Gasteiger charge is -2.01. The molecule has 1 amide bonds. The van der Waals surface area contributed by atoms with Gasteiger partial charge in [0.05, 0.1) is 12.1 Å². The third-order valence-electron chi connectivity index (χ3n) is 3.38. The molecular formula is C13H20N4O. The lowest BCUT2D eigenvalue weighted by atomic mass is 10.1. The van der Waals surface area contributed by atoms with Gasteiger partial charge in [0, 0.05) is 11.4 Å². The van der Waals surface area contributed by atoms with Crippen molar-refractivity contribution in [1.82, 2.24) is 15.6 Å². The SMILES string of the molecule is CCC1CC/C(=N\NC(=O)Cc2cc(C)[nH]n2)C1. The first-order valence-electron chi connectivity index (χ1n) is 6.52. The number of nitrogens with one attached hydrogen (secondary N) is 2. The van der Waals surface area contributed by atoms with E-state index in [-0.39, 0.29) is 12.3 Å². The van der Waals surface area contributed by atoms with Crippen LogP contribution in [-0.2, 0) is 11.2 Å². The maximum absolute atomic E-state index is 11.7. The van der Waals surface area contributed by atoms with E-state index >= 15 is 0 Å². The second-order valence-corrected chi connectivity index (χ2v) is 4.95. The molecule has 1 aromatic heterocycles. The smallest absolute Gasteiger partial charge is 0.246 e. The second-order valence-electron chi connectivity index (χ2n) is 4.95. The van der Waals surface area contributed by atoms with Crippen LogP contribution in [0.4, 0.5) is 0 Å². The molecule has 1 aromatic rings. The van der Waals surface area contributed by atoms with Gasteiger partial charge < -0.3 is 0 Å². The van der Waals surface area contributed by atoms with E-state index in [1.807, 2.05) is 13.0 Å². The highest BCUT2D eigenvalue weighted by molar-refractivity contribution is 5.88. The Balaban J connectivity index is 1.80. The van der Waals surface area contributed by atoms with Gasteiger partial charge in [0.1, 0.15) is 0 Å². The molecule has 1 fully saturated rings. The van der Waals surface area contributed by atoms with Crippen LogP contribution in [0.5, 0.6) is 0 Å². The highest BCUT2D eigenvalue weighted by Gasteiger charge is 2.19. The highest BCUT2D eigenvalue weighted by atomic mass is 16.2. The van der Waals surface area contributed by atoms with Crippen LogP contribution in [0, 0.1) is 12.8 Å². The Morgan fingerprint density at radius 1 is 1.67 bits per heavy atom. The first-order valence-corrected chi connectivity index (χ1v) is 6.52. The number of aromatic nitrogens is 2. The molecule has 1 atom stereocenters. The predicted molar refractivity (Wildman–Crippen MR) is 70.2 cm³/mol. The third-order valence-corrected chi connectivity index (χ3v) is 3.38. The van der Waals surface area contributed by atoms with Crippen LogP contribution in [0.15, 0.2) is 11.2 Å². The van der Waals surface area contributed by atoms with E-state index in [4.69, 9.17) is 0 Å². The molecule has 1 unspecified atom stereocenters. The number of hydrazone groups is 1. The summed E-state index contributed by atoms with van der Waals surface area (Å²) in [5.41, 5.74) is 5.46. The van der Waals surface area contributed by atoms with Crippen molar-refractivity contribution in [3.05, 3.63) is 17.5 Å². The standard InChI is InChI=1S/C13H20N4O/c1-3-10-4-5-11(7-10)15-17-13(18)8-12-6-9(2)14-16-12/h6,10H,3-5,7-8H2,1-2H3,(H,14,16)(H,17,18)/b15-11+. The monoisotopic (exact) mass is 248 g/mol. The fourth-order valence-electron chi connectivity index (χ4n) is 2.27. The molecule has 5 nitrogen and oxygen atoms in total. The maximum atomic E-state index is 11.7. The fraction of sp³-hybridized carbons (Fsp3) is 0.615. The van der Waals surface area contributed by atoms with Gasteiger partial charge in [-0.05, 0) is 38.2 Å². The first-order chi connectivity index (χ1) is 8.67. The molecule has 2 N–H and O–H groups in total. The number of H-pyrrole nitrogens is 1. The Hall–Kier alpha value is -1.65. The Morgan fingerprint density at radius 2 is 2.50 bits per heavy atom. The minimum absolute atomic E-state index is 0.103. The molecule has 1 heterocycles. The van der Waals surface area contributed by atoms with Crippen molar-refractivity contribution in [1.29, 1.82) is 0 Å². The van der Waals surface area contributed by atoms with Gasteiger partial charge in [-0.2, -0.15) is 10.2 Å². The van der Waals surface area contributed by atoms with Gasteiger partial charge in [0.25, 0.3) is 0 Å². The minimum atomic E-state index is -0.103. The molecule has 98 valence electrons. The molecule has 2 rings (SSSR count). The molecule has 0 saturated heterocycles. The van der Waals surface area contributed by atoms with Crippen molar-refractivity contribution in [3.63, 3.8) is 0 Å². The number of rotatable bonds is 4. The largest absolute Gasteiger partial charge is 0.283 e. The molecule has 0 spiro atoms. The minimum Gasteiger partial charge on any atom is -0.283 e. The highest BCUT2D eigenvalue weighted by Crippen LogP contribution is 2.25. The lowest BCUT2D eigenvalue weighted by Crippen LogP contribution is -2.21. The molecule has 0 bridgehead atoms. The molecule has 0 aromatic carbocycles. The van der Waals surface area contributed by atoms with E-state index in [9.17, 15) is 4.79 Å². The van der Waals surface area contributed by atoms with Gasteiger partial charge in [-0.15, -0.1) is 0 Å². The van der Waals surface area contributed by atoms with Gasteiger partial charge in [-0.3, -0.25) is 9.89 Å². The molecule has 5 heteroatoms. The van der Waals surface area contributed by atoms with Crippen molar-refractivity contribution >= 4 is 11.6 Å². The summed E-state index contributed by atoms with van der Waals surface area (Å²) in [5.74, 6) is 0.642. The molecule has 1 saturated carbocycles. The third kappa shape index (κ3) is 3.42. The Bertz CT molecular complexity index is 450. The summed E-state index contributed by atoms with van der Waals surface area (Å²) < 4.78 is 0. The molecule has 18 heavy (non-hydrogen) atoms. The van der Waals surface area contributed by atoms with E-state index in [2.05, 4.69) is 27.6 Å². The summed E-state index contributed by atoms with van der Waals surface area (Å²) in [5, 5.41) is 11.0. The van der Waals surface area contributed by atoms with Gasteiger partial charge in [-0.25, -0.2) is 5.43 Å². The number of hydrogen-bond donors (Lipinski definition) is 2. The van der Waals surface area contributed by atoms with Crippen LogP contribution in [0.3, 0.4) is 0 Å². The Kier molecular flexibility index (Phi) is 4.12. The average molecular weight is 248 g/mol. The van der Waals surface area contributed by atoms with Crippen LogP contribution in [0.25, 0.3) is 0 Å². The summed E-state index contributed by atoms with van der Waals surface area (Å²) in [6.07, 6.45) is 4.71. The number of amides is 1. The molecular weight excluding hydrogens is 228 g/mol. The topological polar surface area (TPSA) is 70.1 Å². The van der Waals surface area contributed by atoms with Gasteiger partial charge >= 0.3 is 0 Å². The number of aromatic amines is 1. The van der Waals surface area contributed by atoms with Crippen molar-refractivity contribution in [2.75, 3.05) is 0 Å². The molecule has 1 aliphatic carbocycles.